The summed E-state index contributed by atoms with van der Waals surface area (Å²) in [5.74, 6) is 0.733. The van der Waals surface area contributed by atoms with Gasteiger partial charge in [-0.25, -0.2) is 4.98 Å². The number of aromatic nitrogens is 1. The van der Waals surface area contributed by atoms with E-state index in [0.29, 0.717) is 34.0 Å². The summed E-state index contributed by atoms with van der Waals surface area (Å²) in [6.07, 6.45) is 3.49. The highest BCUT2D eigenvalue weighted by Crippen LogP contribution is 2.41. The Kier molecular flexibility index (Phi) is 5.84. The van der Waals surface area contributed by atoms with E-state index in [1.54, 1.807) is 24.3 Å². The second-order valence-electron chi connectivity index (χ2n) is 8.36. The maximum Gasteiger partial charge on any atom is 0.296 e. The zero-order valence-electron chi connectivity index (χ0n) is 18.9. The number of anilines is 1. The molecule has 0 fully saturated rings. The fourth-order valence-corrected chi connectivity index (χ4v) is 4.34. The number of amides is 1. The monoisotopic (exact) mass is 474 g/mol. The van der Waals surface area contributed by atoms with E-state index in [9.17, 15) is 9.59 Å². The number of halogens is 1. The molecular weight excluding hydrogens is 452 g/mol. The van der Waals surface area contributed by atoms with Crippen LogP contribution >= 0.6 is 11.6 Å². The van der Waals surface area contributed by atoms with Gasteiger partial charge in [0.05, 0.1) is 28.6 Å². The molecular formula is C27H23ClN2O4. The van der Waals surface area contributed by atoms with Crippen LogP contribution in [-0.4, -0.2) is 17.5 Å². The van der Waals surface area contributed by atoms with Crippen molar-refractivity contribution in [3.05, 3.63) is 98.5 Å². The van der Waals surface area contributed by atoms with Crippen LogP contribution in [0.4, 0.5) is 5.82 Å². The molecule has 0 aliphatic carbocycles. The molecule has 2 aromatic heterocycles. The SMILES string of the molecule is CCCCOc1ccc(C2c3c(oc4ccc(C)cc4c3=O)C(=O)N2c2ccc(Cl)cn2)cc1. The Hall–Kier alpha value is -3.64. The third-order valence-corrected chi connectivity index (χ3v) is 6.17. The minimum atomic E-state index is -0.693. The summed E-state index contributed by atoms with van der Waals surface area (Å²) in [5.41, 5.74) is 2.15. The number of aryl methyl sites for hydroxylation is 1. The number of carbonyl (C=O) groups is 1. The molecule has 3 heterocycles. The van der Waals surface area contributed by atoms with Gasteiger partial charge in [-0.1, -0.05) is 48.7 Å². The lowest BCUT2D eigenvalue weighted by Crippen LogP contribution is -2.30. The summed E-state index contributed by atoms with van der Waals surface area (Å²) < 4.78 is 11.8. The molecule has 6 nitrogen and oxygen atoms in total. The van der Waals surface area contributed by atoms with Crippen LogP contribution in [-0.2, 0) is 0 Å². The first-order chi connectivity index (χ1) is 16.5. The van der Waals surface area contributed by atoms with Crippen LogP contribution < -0.4 is 15.1 Å². The van der Waals surface area contributed by atoms with Crippen molar-refractivity contribution in [3.63, 3.8) is 0 Å². The Morgan fingerprint density at radius 3 is 2.59 bits per heavy atom. The van der Waals surface area contributed by atoms with Gasteiger partial charge in [-0.3, -0.25) is 14.5 Å². The molecule has 0 saturated carbocycles. The van der Waals surface area contributed by atoms with Gasteiger partial charge in [0.25, 0.3) is 5.91 Å². The summed E-state index contributed by atoms with van der Waals surface area (Å²) >= 11 is 6.03. The second kappa shape index (κ2) is 8.95. The topological polar surface area (TPSA) is 72.6 Å². The summed E-state index contributed by atoms with van der Waals surface area (Å²) in [4.78, 5) is 33.1. The van der Waals surface area contributed by atoms with Crippen molar-refractivity contribution < 1.29 is 13.9 Å². The minimum Gasteiger partial charge on any atom is -0.494 e. The highest BCUT2D eigenvalue weighted by Gasteiger charge is 2.44. The number of unbranched alkanes of at least 4 members (excludes halogenated alkanes) is 1. The largest absolute Gasteiger partial charge is 0.494 e. The molecule has 0 N–H and O–H groups in total. The zero-order valence-corrected chi connectivity index (χ0v) is 19.6. The molecule has 4 aromatic rings. The maximum atomic E-state index is 13.7. The highest BCUT2D eigenvalue weighted by molar-refractivity contribution is 6.30. The van der Waals surface area contributed by atoms with Crippen LogP contribution in [0.3, 0.4) is 0 Å². The van der Waals surface area contributed by atoms with E-state index in [0.717, 1.165) is 29.7 Å². The number of hydrogen-bond acceptors (Lipinski definition) is 5. The Morgan fingerprint density at radius 1 is 1.09 bits per heavy atom. The summed E-state index contributed by atoms with van der Waals surface area (Å²) in [5, 5.41) is 0.899. The van der Waals surface area contributed by atoms with Crippen LogP contribution in [0.1, 0.15) is 53.1 Å². The molecule has 1 aliphatic heterocycles. The Labute approximate surface area is 201 Å². The van der Waals surface area contributed by atoms with E-state index in [-0.39, 0.29) is 11.2 Å². The van der Waals surface area contributed by atoms with Gasteiger partial charge in [0.15, 0.2) is 5.43 Å². The molecule has 1 aliphatic rings. The molecule has 34 heavy (non-hydrogen) atoms. The third-order valence-electron chi connectivity index (χ3n) is 5.95. The van der Waals surface area contributed by atoms with E-state index in [4.69, 9.17) is 20.8 Å². The number of pyridine rings is 1. The predicted octanol–water partition coefficient (Wildman–Crippen LogP) is 6.08. The second-order valence-corrected chi connectivity index (χ2v) is 8.79. The smallest absolute Gasteiger partial charge is 0.296 e. The number of fused-ring (bicyclic) bond motifs is 2. The first-order valence-electron chi connectivity index (χ1n) is 11.2. The first kappa shape index (κ1) is 22.2. The lowest BCUT2D eigenvalue weighted by molar-refractivity contribution is 0.0970. The molecule has 1 unspecified atom stereocenters. The van der Waals surface area contributed by atoms with Crippen LogP contribution in [0.15, 0.2) is 70.0 Å². The normalized spacial score (nSPS) is 15.1. The van der Waals surface area contributed by atoms with E-state index >= 15 is 0 Å². The molecule has 5 rings (SSSR count). The molecule has 2 aromatic carbocycles. The van der Waals surface area contributed by atoms with Gasteiger partial charge < -0.3 is 9.15 Å². The van der Waals surface area contributed by atoms with Crippen LogP contribution in [0.2, 0.25) is 5.02 Å². The highest BCUT2D eigenvalue weighted by atomic mass is 35.5. The number of nitrogens with zero attached hydrogens (tertiary/aromatic N) is 2. The molecule has 0 bridgehead atoms. The molecule has 1 atom stereocenters. The van der Waals surface area contributed by atoms with Crippen molar-refractivity contribution >= 4 is 34.3 Å². The van der Waals surface area contributed by atoms with Gasteiger partial charge in [-0.05, 0) is 55.3 Å². The van der Waals surface area contributed by atoms with Crippen molar-refractivity contribution in [1.29, 1.82) is 0 Å². The molecule has 0 spiro atoms. The summed E-state index contributed by atoms with van der Waals surface area (Å²) in [6.45, 7) is 4.66. The Balaban J connectivity index is 1.67. The van der Waals surface area contributed by atoms with E-state index in [2.05, 4.69) is 11.9 Å². The van der Waals surface area contributed by atoms with Gasteiger partial charge in [0, 0.05) is 6.20 Å². The maximum absolute atomic E-state index is 13.7. The lowest BCUT2D eigenvalue weighted by atomic mass is 9.98. The van der Waals surface area contributed by atoms with Gasteiger partial charge in [0.2, 0.25) is 5.76 Å². The van der Waals surface area contributed by atoms with Crippen molar-refractivity contribution in [2.45, 2.75) is 32.7 Å². The molecule has 1 amide bonds. The number of benzene rings is 2. The lowest BCUT2D eigenvalue weighted by Gasteiger charge is -2.24. The first-order valence-corrected chi connectivity index (χ1v) is 11.6. The summed E-state index contributed by atoms with van der Waals surface area (Å²) in [7, 11) is 0. The van der Waals surface area contributed by atoms with Crippen LogP contribution in [0.5, 0.6) is 5.75 Å². The van der Waals surface area contributed by atoms with Crippen LogP contribution in [0.25, 0.3) is 11.0 Å². The predicted molar refractivity (Wildman–Crippen MR) is 132 cm³/mol. The van der Waals surface area contributed by atoms with Gasteiger partial charge >= 0.3 is 0 Å². The quantitative estimate of drug-likeness (QED) is 0.317. The average Bonchev–Trinajstić information content (AvgIpc) is 3.13. The molecule has 7 heteroatoms. The Morgan fingerprint density at radius 2 is 1.88 bits per heavy atom. The van der Waals surface area contributed by atoms with E-state index < -0.39 is 11.9 Å². The van der Waals surface area contributed by atoms with Crippen molar-refractivity contribution in [2.75, 3.05) is 11.5 Å². The van der Waals surface area contributed by atoms with E-state index in [1.807, 2.05) is 37.3 Å². The summed E-state index contributed by atoms with van der Waals surface area (Å²) in [6, 6.07) is 15.5. The Bertz CT molecular complexity index is 1430. The number of carbonyl (C=O) groups excluding carboxylic acids is 1. The zero-order chi connectivity index (χ0) is 23.8. The number of ether oxygens (including phenoxy) is 1. The molecule has 0 saturated heterocycles. The third kappa shape index (κ3) is 3.84. The fourth-order valence-electron chi connectivity index (χ4n) is 4.23. The van der Waals surface area contributed by atoms with Crippen molar-refractivity contribution in [1.82, 2.24) is 4.98 Å². The van der Waals surface area contributed by atoms with Crippen molar-refractivity contribution in [2.24, 2.45) is 0 Å². The fraction of sp³-hybridized carbons (Fsp3) is 0.222. The van der Waals surface area contributed by atoms with Gasteiger partial charge in [-0.15, -0.1) is 0 Å². The van der Waals surface area contributed by atoms with Gasteiger partial charge in [-0.2, -0.15) is 0 Å². The van der Waals surface area contributed by atoms with Gasteiger partial charge in [0.1, 0.15) is 17.2 Å². The number of rotatable bonds is 6. The van der Waals surface area contributed by atoms with Crippen molar-refractivity contribution in [3.8, 4) is 5.75 Å². The average molecular weight is 475 g/mol. The minimum absolute atomic E-state index is 0.0337. The van der Waals surface area contributed by atoms with Crippen LogP contribution in [0, 0.1) is 6.92 Å². The van der Waals surface area contributed by atoms with E-state index in [1.165, 1.54) is 11.1 Å². The molecule has 0 radical (unpaired) electrons. The molecule has 172 valence electrons. The standard InChI is InChI=1S/C27H23ClN2O4/c1-3-4-13-33-19-9-6-17(7-10-19)24-23-25(31)20-14-16(2)5-11-21(20)34-26(23)27(32)30(24)22-12-8-18(28)15-29-22/h5-12,14-15,24H,3-4,13H2,1-2H3. The number of hydrogen-bond donors (Lipinski definition) is 0.